The van der Waals surface area contributed by atoms with Gasteiger partial charge < -0.3 is 19.3 Å². The average Bonchev–Trinajstić information content (AvgIpc) is 2.04. The Morgan fingerprint density at radius 1 is 1.54 bits per heavy atom. The number of hydrogen-bond donors (Lipinski definition) is 1. The molecular weight excluding hydrogens is 172 g/mol. The van der Waals surface area contributed by atoms with E-state index in [1.807, 2.05) is 13.8 Å². The smallest absolute Gasteiger partial charge is 0.157 e. The highest BCUT2D eigenvalue weighted by Gasteiger charge is 2.36. The van der Waals surface area contributed by atoms with Crippen molar-refractivity contribution in [3.05, 3.63) is 0 Å². The topological polar surface area (TPSA) is 47.9 Å². The quantitative estimate of drug-likeness (QED) is 0.705. The maximum Gasteiger partial charge on any atom is 0.157 e. The molecule has 4 heteroatoms. The molecule has 0 amide bonds. The predicted octanol–water partition coefficient (Wildman–Crippen LogP) is 0.534. The van der Waals surface area contributed by atoms with E-state index in [0.29, 0.717) is 13.0 Å². The van der Waals surface area contributed by atoms with Crippen LogP contribution in [0.2, 0.25) is 0 Å². The van der Waals surface area contributed by atoms with Gasteiger partial charge >= 0.3 is 0 Å². The first kappa shape index (κ1) is 10.9. The van der Waals surface area contributed by atoms with E-state index < -0.39 is 6.29 Å². The Balaban J connectivity index is 2.54. The summed E-state index contributed by atoms with van der Waals surface area (Å²) in [4.78, 5) is 0. The maximum atomic E-state index is 9.33. The van der Waals surface area contributed by atoms with Crippen LogP contribution < -0.4 is 0 Å². The van der Waals surface area contributed by atoms with Crippen LogP contribution in [0.4, 0.5) is 0 Å². The van der Waals surface area contributed by atoms with Gasteiger partial charge in [0.15, 0.2) is 6.29 Å². The van der Waals surface area contributed by atoms with Gasteiger partial charge in [-0.05, 0) is 13.8 Å². The molecule has 4 nitrogen and oxygen atoms in total. The fourth-order valence-corrected chi connectivity index (χ4v) is 1.74. The first-order chi connectivity index (χ1) is 6.19. The molecule has 78 valence electrons. The molecule has 0 aromatic heterocycles. The predicted molar refractivity (Wildman–Crippen MR) is 47.4 cm³/mol. The molecule has 0 bridgehead atoms. The number of ether oxygens (including phenoxy) is 3. The lowest BCUT2D eigenvalue weighted by Crippen LogP contribution is -2.49. The summed E-state index contributed by atoms with van der Waals surface area (Å²) in [7, 11) is 1.63. The van der Waals surface area contributed by atoms with Crippen LogP contribution in [-0.2, 0) is 14.2 Å². The first-order valence-electron chi connectivity index (χ1n) is 4.67. The van der Waals surface area contributed by atoms with E-state index in [1.165, 1.54) is 0 Å². The minimum Gasteiger partial charge on any atom is -0.376 e. The summed E-state index contributed by atoms with van der Waals surface area (Å²) in [5.41, 5.74) is 0. The Morgan fingerprint density at radius 3 is 2.77 bits per heavy atom. The summed E-state index contributed by atoms with van der Waals surface area (Å²) in [5.74, 6) is 0. The van der Waals surface area contributed by atoms with Gasteiger partial charge in [0, 0.05) is 20.1 Å². The van der Waals surface area contributed by atoms with Crippen LogP contribution in [0.25, 0.3) is 0 Å². The van der Waals surface area contributed by atoms with Crippen LogP contribution in [-0.4, -0.2) is 43.4 Å². The van der Waals surface area contributed by atoms with Crippen molar-refractivity contribution in [1.29, 1.82) is 0 Å². The Morgan fingerprint density at radius 2 is 2.23 bits per heavy atom. The zero-order valence-corrected chi connectivity index (χ0v) is 8.40. The summed E-state index contributed by atoms with van der Waals surface area (Å²) in [5, 5.41) is 9.33. The maximum absolute atomic E-state index is 9.33. The number of aliphatic hydroxyl groups excluding tert-OH is 1. The van der Waals surface area contributed by atoms with Crippen molar-refractivity contribution >= 4 is 0 Å². The largest absolute Gasteiger partial charge is 0.376 e. The van der Waals surface area contributed by atoms with Gasteiger partial charge in [0.05, 0.1) is 12.2 Å². The van der Waals surface area contributed by atoms with Crippen LogP contribution in [0.15, 0.2) is 0 Å². The summed E-state index contributed by atoms with van der Waals surface area (Å²) >= 11 is 0. The summed E-state index contributed by atoms with van der Waals surface area (Å²) in [6.45, 7) is 4.44. The van der Waals surface area contributed by atoms with E-state index >= 15 is 0 Å². The summed E-state index contributed by atoms with van der Waals surface area (Å²) in [6, 6.07) is 0. The van der Waals surface area contributed by atoms with Crippen LogP contribution in [0, 0.1) is 0 Å². The van der Waals surface area contributed by atoms with Crippen LogP contribution in [0.5, 0.6) is 0 Å². The van der Waals surface area contributed by atoms with Crippen molar-refractivity contribution in [1.82, 2.24) is 0 Å². The molecule has 0 aromatic rings. The zero-order valence-electron chi connectivity index (χ0n) is 8.40. The molecule has 13 heavy (non-hydrogen) atoms. The lowest BCUT2D eigenvalue weighted by molar-refractivity contribution is -0.241. The zero-order chi connectivity index (χ0) is 9.84. The molecule has 0 aromatic carbocycles. The lowest BCUT2D eigenvalue weighted by atomic mass is 10.0. The molecule has 0 aliphatic carbocycles. The number of hydrogen-bond acceptors (Lipinski definition) is 4. The number of methoxy groups -OCH3 is 1. The summed E-state index contributed by atoms with van der Waals surface area (Å²) < 4.78 is 15.9. The van der Waals surface area contributed by atoms with E-state index in [9.17, 15) is 5.11 Å². The van der Waals surface area contributed by atoms with Crippen LogP contribution >= 0.6 is 0 Å². The molecule has 1 aliphatic rings. The third-order valence-corrected chi connectivity index (χ3v) is 2.29. The van der Waals surface area contributed by atoms with Gasteiger partial charge in [-0.1, -0.05) is 0 Å². The third kappa shape index (κ3) is 2.64. The summed E-state index contributed by atoms with van der Waals surface area (Å²) in [6.07, 6.45) is -0.503. The molecule has 1 heterocycles. The normalized spacial score (nSPS) is 40.6. The second kappa shape index (κ2) is 4.91. The molecule has 1 saturated heterocycles. The fraction of sp³-hybridized carbons (Fsp3) is 1.00. The molecule has 1 aliphatic heterocycles. The second-order valence-electron chi connectivity index (χ2n) is 3.23. The highest BCUT2D eigenvalue weighted by molar-refractivity contribution is 4.82. The van der Waals surface area contributed by atoms with Gasteiger partial charge in [0.25, 0.3) is 0 Å². The van der Waals surface area contributed by atoms with Crippen molar-refractivity contribution < 1.29 is 19.3 Å². The van der Waals surface area contributed by atoms with Gasteiger partial charge in [-0.3, -0.25) is 0 Å². The monoisotopic (exact) mass is 190 g/mol. The fourth-order valence-electron chi connectivity index (χ4n) is 1.74. The van der Waals surface area contributed by atoms with Gasteiger partial charge in [0.2, 0.25) is 0 Å². The van der Waals surface area contributed by atoms with E-state index in [0.717, 1.165) is 0 Å². The van der Waals surface area contributed by atoms with E-state index in [1.54, 1.807) is 7.11 Å². The molecule has 4 atom stereocenters. The first-order valence-corrected chi connectivity index (χ1v) is 4.67. The van der Waals surface area contributed by atoms with Crippen LogP contribution in [0.1, 0.15) is 20.3 Å². The molecule has 1 N–H and O–H groups in total. The lowest BCUT2D eigenvalue weighted by Gasteiger charge is -2.37. The standard InChI is InChI=1S/C9H18O4/c1-4-12-7-5-8(10)13-6(2)9(7)11-3/h6-10H,4-5H2,1-3H3. The average molecular weight is 190 g/mol. The van der Waals surface area contributed by atoms with Crippen molar-refractivity contribution in [3.63, 3.8) is 0 Å². The SMILES string of the molecule is CCOC1CC(O)OC(C)C1OC. The molecule has 0 radical (unpaired) electrons. The van der Waals surface area contributed by atoms with E-state index in [4.69, 9.17) is 14.2 Å². The van der Waals surface area contributed by atoms with E-state index in [-0.39, 0.29) is 18.3 Å². The van der Waals surface area contributed by atoms with Crippen LogP contribution in [0.3, 0.4) is 0 Å². The number of rotatable bonds is 3. The Labute approximate surface area is 78.8 Å². The van der Waals surface area contributed by atoms with Crippen molar-refractivity contribution in [2.45, 2.75) is 44.9 Å². The Kier molecular flexibility index (Phi) is 4.12. The Bertz CT molecular complexity index is 151. The van der Waals surface area contributed by atoms with Gasteiger partial charge in [-0.25, -0.2) is 0 Å². The van der Waals surface area contributed by atoms with Gasteiger partial charge in [-0.15, -0.1) is 0 Å². The molecule has 1 fully saturated rings. The van der Waals surface area contributed by atoms with Crippen molar-refractivity contribution in [2.24, 2.45) is 0 Å². The van der Waals surface area contributed by atoms with Crippen molar-refractivity contribution in [2.75, 3.05) is 13.7 Å². The highest BCUT2D eigenvalue weighted by atomic mass is 16.6. The number of aliphatic hydroxyl groups is 1. The third-order valence-electron chi connectivity index (χ3n) is 2.29. The molecule has 0 saturated carbocycles. The molecule has 0 spiro atoms. The van der Waals surface area contributed by atoms with Gasteiger partial charge in [-0.2, -0.15) is 0 Å². The molecule has 1 rings (SSSR count). The van der Waals surface area contributed by atoms with Crippen molar-refractivity contribution in [3.8, 4) is 0 Å². The second-order valence-corrected chi connectivity index (χ2v) is 3.23. The Hall–Kier alpha value is -0.160. The molecular formula is C9H18O4. The highest BCUT2D eigenvalue weighted by Crippen LogP contribution is 2.23. The van der Waals surface area contributed by atoms with Gasteiger partial charge in [0.1, 0.15) is 6.10 Å². The molecule has 4 unspecified atom stereocenters. The minimum absolute atomic E-state index is 0.0613. The van der Waals surface area contributed by atoms with E-state index in [2.05, 4.69) is 0 Å². The minimum atomic E-state index is -0.724.